The van der Waals surface area contributed by atoms with Crippen LogP contribution in [-0.2, 0) is 12.1 Å². The first kappa shape index (κ1) is 24.8. The Bertz CT molecular complexity index is 1090. The zero-order chi connectivity index (χ0) is 23.7. The SMILES string of the molecule is C#C/C=C(CCc1ccccc1C(C)(C)F)\C(=C/C)NC(=C)/C=C/c1ccc(C)c(N)c1. The van der Waals surface area contributed by atoms with Gasteiger partial charge in [-0.3, -0.25) is 0 Å². The van der Waals surface area contributed by atoms with Gasteiger partial charge >= 0.3 is 0 Å². The van der Waals surface area contributed by atoms with Gasteiger partial charge in [-0.2, -0.15) is 0 Å². The molecule has 0 spiro atoms. The van der Waals surface area contributed by atoms with E-state index in [-0.39, 0.29) is 0 Å². The van der Waals surface area contributed by atoms with Gasteiger partial charge < -0.3 is 11.1 Å². The third kappa shape index (κ3) is 7.03. The van der Waals surface area contributed by atoms with Crippen molar-refractivity contribution < 1.29 is 4.39 Å². The third-order valence-corrected chi connectivity index (χ3v) is 5.29. The molecular weight excluding hydrogens is 395 g/mol. The molecule has 166 valence electrons. The van der Waals surface area contributed by atoms with Gasteiger partial charge in [-0.15, -0.1) is 6.42 Å². The molecule has 2 aromatic rings. The van der Waals surface area contributed by atoms with Gasteiger partial charge in [0.1, 0.15) is 5.67 Å². The predicted octanol–water partition coefficient (Wildman–Crippen LogP) is 6.99. The number of nitrogens with one attached hydrogen (secondary N) is 1. The van der Waals surface area contributed by atoms with Crippen molar-refractivity contribution in [2.45, 2.75) is 46.2 Å². The molecule has 2 nitrogen and oxygen atoms in total. The van der Waals surface area contributed by atoms with Crippen LogP contribution in [0.3, 0.4) is 0 Å². The van der Waals surface area contributed by atoms with Crippen molar-refractivity contribution in [1.29, 1.82) is 0 Å². The Morgan fingerprint density at radius 2 is 1.97 bits per heavy atom. The van der Waals surface area contributed by atoms with Crippen molar-refractivity contribution in [2.24, 2.45) is 0 Å². The highest BCUT2D eigenvalue weighted by Gasteiger charge is 2.22. The molecule has 0 unspecified atom stereocenters. The highest BCUT2D eigenvalue weighted by Crippen LogP contribution is 2.29. The zero-order valence-electron chi connectivity index (χ0n) is 19.5. The number of alkyl halides is 1. The van der Waals surface area contributed by atoms with Crippen molar-refractivity contribution in [3.8, 4) is 12.3 Å². The first-order chi connectivity index (χ1) is 15.2. The number of hydrogen-bond donors (Lipinski definition) is 2. The third-order valence-electron chi connectivity index (χ3n) is 5.29. The van der Waals surface area contributed by atoms with E-state index in [9.17, 15) is 4.39 Å². The van der Waals surface area contributed by atoms with Crippen molar-refractivity contribution in [1.82, 2.24) is 5.32 Å². The average Bonchev–Trinajstić information content (AvgIpc) is 2.75. The lowest BCUT2D eigenvalue weighted by Gasteiger charge is -2.20. The fraction of sp³-hybridized carbons (Fsp3) is 0.241. The molecule has 0 aliphatic heterocycles. The van der Waals surface area contributed by atoms with Crippen LogP contribution in [0.15, 0.2) is 84.2 Å². The Kier molecular flexibility index (Phi) is 8.67. The van der Waals surface area contributed by atoms with Crippen molar-refractivity contribution in [3.63, 3.8) is 0 Å². The van der Waals surface area contributed by atoms with E-state index in [2.05, 4.69) is 17.8 Å². The minimum Gasteiger partial charge on any atom is -0.398 e. The fourth-order valence-electron chi connectivity index (χ4n) is 3.48. The van der Waals surface area contributed by atoms with Gasteiger partial charge in [0.2, 0.25) is 0 Å². The quantitative estimate of drug-likeness (QED) is 0.256. The number of nitrogen functional groups attached to an aromatic ring is 1. The summed E-state index contributed by atoms with van der Waals surface area (Å²) in [6.45, 7) is 11.2. The van der Waals surface area contributed by atoms with Gasteiger partial charge in [-0.25, -0.2) is 4.39 Å². The molecule has 0 fully saturated rings. The monoisotopic (exact) mass is 428 g/mol. The molecule has 2 aromatic carbocycles. The van der Waals surface area contributed by atoms with Gasteiger partial charge in [-0.1, -0.05) is 61.0 Å². The lowest BCUT2D eigenvalue weighted by atomic mass is 9.91. The van der Waals surface area contributed by atoms with Crippen molar-refractivity contribution >= 4 is 11.8 Å². The first-order valence-corrected chi connectivity index (χ1v) is 10.7. The highest BCUT2D eigenvalue weighted by molar-refractivity contribution is 5.60. The van der Waals surface area contributed by atoms with Crippen LogP contribution >= 0.6 is 0 Å². The van der Waals surface area contributed by atoms with Crippen LogP contribution in [0.2, 0.25) is 0 Å². The Labute approximate surface area is 192 Å². The largest absolute Gasteiger partial charge is 0.398 e. The number of rotatable bonds is 9. The molecule has 3 heteroatoms. The van der Waals surface area contributed by atoms with E-state index in [1.807, 2.05) is 74.5 Å². The molecule has 0 aliphatic rings. The second-order valence-corrected chi connectivity index (χ2v) is 8.27. The summed E-state index contributed by atoms with van der Waals surface area (Å²) in [7, 11) is 0. The van der Waals surface area contributed by atoms with Crippen LogP contribution in [0.4, 0.5) is 10.1 Å². The molecule has 32 heavy (non-hydrogen) atoms. The fourth-order valence-corrected chi connectivity index (χ4v) is 3.48. The summed E-state index contributed by atoms with van der Waals surface area (Å²) >= 11 is 0. The van der Waals surface area contributed by atoms with E-state index < -0.39 is 5.67 Å². The number of benzene rings is 2. The zero-order valence-corrected chi connectivity index (χ0v) is 19.5. The molecular formula is C29H33FN2. The summed E-state index contributed by atoms with van der Waals surface area (Å²) < 4.78 is 14.6. The smallest absolute Gasteiger partial charge is 0.130 e. The minimum atomic E-state index is -1.40. The van der Waals surface area contributed by atoms with Gasteiger partial charge in [0.15, 0.2) is 0 Å². The van der Waals surface area contributed by atoms with Crippen LogP contribution in [-0.4, -0.2) is 0 Å². The molecule has 0 radical (unpaired) electrons. The lowest BCUT2D eigenvalue weighted by Crippen LogP contribution is -2.15. The molecule has 0 atom stereocenters. The van der Waals surface area contributed by atoms with Crippen LogP contribution in [0.5, 0.6) is 0 Å². The minimum absolute atomic E-state index is 0.676. The Hall–Kier alpha value is -3.51. The van der Waals surface area contributed by atoms with E-state index >= 15 is 0 Å². The lowest BCUT2D eigenvalue weighted by molar-refractivity contribution is 0.220. The molecule has 3 N–H and O–H groups in total. The number of nitrogens with two attached hydrogens (primary N) is 1. The number of halogens is 1. The standard InChI is InChI=1S/C29H33FN2/c1-7-11-25(19-18-24-12-9-10-13-26(24)29(5,6)30)28(8-2)32-22(4)15-17-23-16-14-21(3)27(31)20-23/h1,8-17,20,32H,4,18-19,31H2,2-3,5-6H3/b17-15+,25-11-,28-8+. The van der Waals surface area contributed by atoms with E-state index in [0.29, 0.717) is 18.4 Å². The number of allylic oxidation sites excluding steroid dienone is 4. The molecule has 0 saturated heterocycles. The van der Waals surface area contributed by atoms with Crippen LogP contribution < -0.4 is 11.1 Å². The van der Waals surface area contributed by atoms with Gasteiger partial charge in [-0.05, 0) is 86.6 Å². The maximum Gasteiger partial charge on any atom is 0.130 e. The van der Waals surface area contributed by atoms with E-state index in [1.165, 1.54) is 0 Å². The Morgan fingerprint density at radius 3 is 2.59 bits per heavy atom. The number of aryl methyl sites for hydroxylation is 2. The second kappa shape index (κ2) is 11.2. The van der Waals surface area contributed by atoms with E-state index in [4.69, 9.17) is 12.2 Å². The number of terminal acetylenes is 1. The van der Waals surface area contributed by atoms with Gasteiger partial charge in [0.05, 0.1) is 0 Å². The number of hydrogen-bond acceptors (Lipinski definition) is 2. The average molecular weight is 429 g/mol. The molecule has 0 saturated carbocycles. The van der Waals surface area contributed by atoms with Crippen LogP contribution in [0, 0.1) is 19.3 Å². The van der Waals surface area contributed by atoms with E-state index in [0.717, 1.165) is 39.3 Å². The van der Waals surface area contributed by atoms with Crippen LogP contribution in [0.1, 0.15) is 49.4 Å². The maximum absolute atomic E-state index is 14.6. The Balaban J connectivity index is 2.12. The van der Waals surface area contributed by atoms with E-state index in [1.54, 1.807) is 19.9 Å². The van der Waals surface area contributed by atoms with Crippen molar-refractivity contribution in [3.05, 3.63) is 106 Å². The van der Waals surface area contributed by atoms with Gasteiger partial charge in [0.25, 0.3) is 0 Å². The summed E-state index contributed by atoms with van der Waals surface area (Å²) in [4.78, 5) is 0. The highest BCUT2D eigenvalue weighted by atomic mass is 19.1. The summed E-state index contributed by atoms with van der Waals surface area (Å²) in [5.41, 5.74) is 11.7. The maximum atomic E-state index is 14.6. The molecule has 0 heterocycles. The Morgan fingerprint density at radius 1 is 1.25 bits per heavy atom. The molecule has 2 rings (SSSR count). The predicted molar refractivity (Wildman–Crippen MR) is 136 cm³/mol. The summed E-state index contributed by atoms with van der Waals surface area (Å²) in [6, 6.07) is 13.6. The molecule has 0 aromatic heterocycles. The number of anilines is 1. The molecule has 0 bridgehead atoms. The molecule has 0 amide bonds. The van der Waals surface area contributed by atoms with Crippen LogP contribution in [0.25, 0.3) is 6.08 Å². The summed E-state index contributed by atoms with van der Waals surface area (Å²) in [5.74, 6) is 2.63. The topological polar surface area (TPSA) is 38.0 Å². The summed E-state index contributed by atoms with van der Waals surface area (Å²) in [5, 5.41) is 3.34. The second-order valence-electron chi connectivity index (χ2n) is 8.27. The normalized spacial score (nSPS) is 12.6. The van der Waals surface area contributed by atoms with Gasteiger partial charge in [0, 0.05) is 17.1 Å². The first-order valence-electron chi connectivity index (χ1n) is 10.7. The molecule has 0 aliphatic carbocycles. The summed E-state index contributed by atoms with van der Waals surface area (Å²) in [6.07, 6.45) is 14.5. The van der Waals surface area contributed by atoms with Crippen molar-refractivity contribution in [2.75, 3.05) is 5.73 Å².